The van der Waals surface area contributed by atoms with Crippen LogP contribution in [0.3, 0.4) is 0 Å². The molecule has 0 bridgehead atoms. The van der Waals surface area contributed by atoms with Crippen LogP contribution in [-0.4, -0.2) is 16.7 Å². The average Bonchev–Trinajstić information content (AvgIpc) is 2.72. The molecule has 0 radical (unpaired) electrons. The first-order valence-corrected chi connectivity index (χ1v) is 6.72. The summed E-state index contributed by atoms with van der Waals surface area (Å²) in [7, 11) is 0. The van der Waals surface area contributed by atoms with Crippen LogP contribution in [0.2, 0.25) is 0 Å². The third-order valence-electron chi connectivity index (χ3n) is 4.16. The van der Waals surface area contributed by atoms with Gasteiger partial charge in [-0.3, -0.25) is 24.6 Å². The van der Waals surface area contributed by atoms with E-state index in [1.807, 2.05) is 0 Å². The molecule has 6 nitrogen and oxygen atoms in total. The number of imide groups is 1. The van der Waals surface area contributed by atoms with E-state index in [1.165, 1.54) is 29.2 Å². The fourth-order valence-electron chi connectivity index (χ4n) is 3.14. The summed E-state index contributed by atoms with van der Waals surface area (Å²) < 4.78 is 0. The molecule has 2 fully saturated rings. The fraction of sp³-hybridized carbons (Fsp3) is 0.429. The zero-order valence-corrected chi connectivity index (χ0v) is 10.8. The second-order valence-electron chi connectivity index (χ2n) is 5.28. The van der Waals surface area contributed by atoms with Crippen LogP contribution in [0.1, 0.15) is 25.7 Å². The number of nitro benzene ring substituents is 1. The Hall–Kier alpha value is -2.24. The molecule has 3 rings (SSSR count). The molecule has 1 aromatic rings. The molecule has 20 heavy (non-hydrogen) atoms. The molecular weight excluding hydrogens is 260 g/mol. The number of hydrogen-bond acceptors (Lipinski definition) is 4. The summed E-state index contributed by atoms with van der Waals surface area (Å²) in [5.41, 5.74) is 0.380. The zero-order chi connectivity index (χ0) is 14.3. The molecule has 1 heterocycles. The van der Waals surface area contributed by atoms with Crippen LogP contribution >= 0.6 is 0 Å². The van der Waals surface area contributed by atoms with Crippen LogP contribution in [0.4, 0.5) is 11.4 Å². The maximum atomic E-state index is 12.3. The first kappa shape index (κ1) is 12.8. The van der Waals surface area contributed by atoms with E-state index in [0.717, 1.165) is 25.7 Å². The maximum Gasteiger partial charge on any atom is 0.269 e. The van der Waals surface area contributed by atoms with Crippen LogP contribution in [0.5, 0.6) is 0 Å². The van der Waals surface area contributed by atoms with Gasteiger partial charge in [0.2, 0.25) is 11.8 Å². The lowest BCUT2D eigenvalue weighted by Gasteiger charge is -2.19. The van der Waals surface area contributed by atoms with Crippen molar-refractivity contribution in [1.82, 2.24) is 0 Å². The molecule has 1 aromatic carbocycles. The number of non-ortho nitro benzene ring substituents is 1. The highest BCUT2D eigenvalue weighted by atomic mass is 16.6. The van der Waals surface area contributed by atoms with Crippen molar-refractivity contribution in [2.75, 3.05) is 4.90 Å². The standard InChI is InChI=1S/C14H14N2O4/c17-13-11-3-1-2-4-12(11)14(18)15(13)9-5-7-10(8-6-9)16(19)20/h5-8,11-12H,1-4H2. The van der Waals surface area contributed by atoms with E-state index in [9.17, 15) is 19.7 Å². The van der Waals surface area contributed by atoms with E-state index in [1.54, 1.807) is 0 Å². The molecule has 0 aromatic heterocycles. The lowest BCUT2D eigenvalue weighted by atomic mass is 9.81. The van der Waals surface area contributed by atoms with Crippen LogP contribution in [0, 0.1) is 22.0 Å². The predicted molar refractivity (Wildman–Crippen MR) is 71.0 cm³/mol. The highest BCUT2D eigenvalue weighted by molar-refractivity contribution is 6.22. The minimum Gasteiger partial charge on any atom is -0.274 e. The lowest BCUT2D eigenvalue weighted by molar-refractivity contribution is -0.384. The van der Waals surface area contributed by atoms with E-state index in [4.69, 9.17) is 0 Å². The smallest absolute Gasteiger partial charge is 0.269 e. The van der Waals surface area contributed by atoms with E-state index in [-0.39, 0.29) is 29.3 Å². The summed E-state index contributed by atoms with van der Waals surface area (Å²) in [6, 6.07) is 5.56. The Labute approximate surface area is 115 Å². The van der Waals surface area contributed by atoms with Gasteiger partial charge in [0, 0.05) is 12.1 Å². The van der Waals surface area contributed by atoms with Crippen molar-refractivity contribution in [3.63, 3.8) is 0 Å². The molecule has 2 aliphatic rings. The van der Waals surface area contributed by atoms with Crippen LogP contribution in [-0.2, 0) is 9.59 Å². The van der Waals surface area contributed by atoms with Crippen molar-refractivity contribution in [2.45, 2.75) is 25.7 Å². The van der Waals surface area contributed by atoms with Gasteiger partial charge in [-0.15, -0.1) is 0 Å². The lowest BCUT2D eigenvalue weighted by Crippen LogP contribution is -2.30. The monoisotopic (exact) mass is 274 g/mol. The number of hydrogen-bond donors (Lipinski definition) is 0. The summed E-state index contributed by atoms with van der Waals surface area (Å²) in [5, 5.41) is 10.6. The van der Waals surface area contributed by atoms with Gasteiger partial charge >= 0.3 is 0 Å². The SMILES string of the molecule is O=C1C2CCCCC2C(=O)N1c1ccc([N+](=O)[O-])cc1. The Morgan fingerprint density at radius 3 is 1.95 bits per heavy atom. The van der Waals surface area contributed by atoms with Crippen molar-refractivity contribution in [3.05, 3.63) is 34.4 Å². The molecule has 1 saturated carbocycles. The van der Waals surface area contributed by atoms with Crippen LogP contribution < -0.4 is 4.90 Å². The predicted octanol–water partition coefficient (Wildman–Crippen LogP) is 2.27. The average molecular weight is 274 g/mol. The molecule has 0 N–H and O–H groups in total. The number of carbonyl (C=O) groups is 2. The van der Waals surface area contributed by atoms with E-state index >= 15 is 0 Å². The summed E-state index contributed by atoms with van der Waals surface area (Å²) >= 11 is 0. The van der Waals surface area contributed by atoms with Gasteiger partial charge in [-0.2, -0.15) is 0 Å². The molecule has 2 amide bonds. The highest BCUT2D eigenvalue weighted by Crippen LogP contribution is 2.40. The van der Waals surface area contributed by atoms with Gasteiger partial charge in [0.25, 0.3) is 5.69 Å². The first-order chi connectivity index (χ1) is 9.59. The van der Waals surface area contributed by atoms with Gasteiger partial charge in [0.05, 0.1) is 22.4 Å². The Kier molecular flexibility index (Phi) is 3.00. The summed E-state index contributed by atoms with van der Waals surface area (Å²) in [6.07, 6.45) is 3.49. The third-order valence-corrected chi connectivity index (χ3v) is 4.16. The third kappa shape index (κ3) is 1.88. The molecular formula is C14H14N2O4. The fourth-order valence-corrected chi connectivity index (χ4v) is 3.14. The number of benzene rings is 1. The van der Waals surface area contributed by atoms with Crippen LogP contribution in [0.25, 0.3) is 0 Å². The Bertz CT molecular complexity index is 557. The van der Waals surface area contributed by atoms with Gasteiger partial charge in [-0.05, 0) is 25.0 Å². The summed E-state index contributed by atoms with van der Waals surface area (Å²) in [6.45, 7) is 0. The van der Waals surface area contributed by atoms with Crippen molar-refractivity contribution in [2.24, 2.45) is 11.8 Å². The number of anilines is 1. The zero-order valence-electron chi connectivity index (χ0n) is 10.8. The van der Waals surface area contributed by atoms with Crippen molar-refractivity contribution >= 4 is 23.2 Å². The minimum atomic E-state index is -0.503. The number of nitro groups is 1. The Balaban J connectivity index is 1.91. The molecule has 1 aliphatic heterocycles. The Morgan fingerprint density at radius 1 is 1.00 bits per heavy atom. The molecule has 104 valence electrons. The topological polar surface area (TPSA) is 80.5 Å². The second kappa shape index (κ2) is 4.70. The molecule has 2 unspecified atom stereocenters. The summed E-state index contributed by atoms with van der Waals surface area (Å²) in [4.78, 5) is 36.0. The molecule has 1 saturated heterocycles. The normalized spacial score (nSPS) is 25.7. The molecule has 6 heteroatoms. The number of amides is 2. The first-order valence-electron chi connectivity index (χ1n) is 6.72. The number of nitrogens with zero attached hydrogens (tertiary/aromatic N) is 2. The molecule has 1 aliphatic carbocycles. The van der Waals surface area contributed by atoms with E-state index in [2.05, 4.69) is 0 Å². The second-order valence-corrected chi connectivity index (χ2v) is 5.28. The quantitative estimate of drug-likeness (QED) is 0.470. The minimum absolute atomic E-state index is 0.0507. The number of fused-ring (bicyclic) bond motifs is 1. The van der Waals surface area contributed by atoms with Gasteiger partial charge in [-0.1, -0.05) is 12.8 Å². The maximum absolute atomic E-state index is 12.3. The van der Waals surface area contributed by atoms with Crippen molar-refractivity contribution in [3.8, 4) is 0 Å². The van der Waals surface area contributed by atoms with E-state index in [0.29, 0.717) is 5.69 Å². The van der Waals surface area contributed by atoms with Crippen LogP contribution in [0.15, 0.2) is 24.3 Å². The van der Waals surface area contributed by atoms with Gasteiger partial charge < -0.3 is 0 Å². The molecule has 0 spiro atoms. The van der Waals surface area contributed by atoms with E-state index < -0.39 is 4.92 Å². The number of carbonyl (C=O) groups excluding carboxylic acids is 2. The van der Waals surface area contributed by atoms with Gasteiger partial charge in [-0.25, -0.2) is 0 Å². The Morgan fingerprint density at radius 2 is 1.50 bits per heavy atom. The van der Waals surface area contributed by atoms with Gasteiger partial charge in [0.1, 0.15) is 0 Å². The molecule has 2 atom stereocenters. The number of rotatable bonds is 2. The van der Waals surface area contributed by atoms with Crippen molar-refractivity contribution in [1.29, 1.82) is 0 Å². The van der Waals surface area contributed by atoms with Crippen molar-refractivity contribution < 1.29 is 14.5 Å². The summed E-state index contributed by atoms with van der Waals surface area (Å²) in [5.74, 6) is -0.722. The van der Waals surface area contributed by atoms with Gasteiger partial charge in [0.15, 0.2) is 0 Å². The largest absolute Gasteiger partial charge is 0.274 e. The highest BCUT2D eigenvalue weighted by Gasteiger charge is 2.48.